The maximum absolute atomic E-state index is 11.8. The zero-order chi connectivity index (χ0) is 15.8. The fourth-order valence-electron chi connectivity index (χ4n) is 1.30. The summed E-state index contributed by atoms with van der Waals surface area (Å²) in [5.74, 6) is -1.93. The molecule has 114 valence electrons. The zero-order valence-electron chi connectivity index (χ0n) is 9.79. The molecule has 0 saturated carbocycles. The summed E-state index contributed by atoms with van der Waals surface area (Å²) < 4.78 is 83.6. The third-order valence-electron chi connectivity index (χ3n) is 2.22. The predicted octanol–water partition coefficient (Wildman–Crippen LogP) is -0.823. The first-order chi connectivity index (χ1) is 8.83. The first-order valence-corrected chi connectivity index (χ1v) is 9.58. The molecule has 0 spiro atoms. The topological polar surface area (TPSA) is 169 Å². The molecule has 0 amide bonds. The van der Waals surface area contributed by atoms with Crippen molar-refractivity contribution in [2.45, 2.75) is 9.79 Å². The highest BCUT2D eigenvalue weighted by Gasteiger charge is 2.22. The Morgan fingerprint density at radius 1 is 0.950 bits per heavy atom. The summed E-state index contributed by atoms with van der Waals surface area (Å²) in [5, 5.41) is 0. The van der Waals surface area contributed by atoms with E-state index in [4.69, 9.17) is 14.8 Å². The van der Waals surface area contributed by atoms with Gasteiger partial charge in [-0.3, -0.25) is 9.11 Å². The van der Waals surface area contributed by atoms with Crippen LogP contribution in [0.25, 0.3) is 0 Å². The molecule has 1 rings (SSSR count). The molecule has 12 heteroatoms. The number of benzene rings is 1. The number of hydrogen-bond donors (Lipinski definition) is 3. The average molecular weight is 345 g/mol. The lowest BCUT2D eigenvalue weighted by Crippen LogP contribution is -2.18. The van der Waals surface area contributed by atoms with Gasteiger partial charge in [-0.25, -0.2) is 8.42 Å². The van der Waals surface area contributed by atoms with Gasteiger partial charge in [0.15, 0.2) is 9.84 Å². The van der Waals surface area contributed by atoms with Crippen molar-refractivity contribution in [3.05, 3.63) is 18.2 Å². The molecule has 0 aliphatic heterocycles. The van der Waals surface area contributed by atoms with Gasteiger partial charge >= 0.3 is 0 Å². The van der Waals surface area contributed by atoms with Crippen LogP contribution >= 0.6 is 0 Å². The Kier molecular flexibility index (Phi) is 4.46. The van der Waals surface area contributed by atoms with Crippen molar-refractivity contribution in [3.8, 4) is 0 Å². The minimum atomic E-state index is -4.53. The predicted molar refractivity (Wildman–Crippen MR) is 69.1 cm³/mol. The van der Waals surface area contributed by atoms with E-state index in [0.29, 0.717) is 0 Å². The maximum atomic E-state index is 11.8. The normalized spacial score (nSPS) is 13.3. The SMILES string of the molecule is Nc1cc(S(=O)(=O)O)ccc1S(=O)(=O)CCS(=O)(=O)O. The molecule has 0 saturated heterocycles. The van der Waals surface area contributed by atoms with Crippen molar-refractivity contribution in [3.63, 3.8) is 0 Å². The second kappa shape index (κ2) is 5.29. The standard InChI is InChI=1S/C8H11NO8S3/c9-7-5-6(20(15,16)17)1-2-8(7)18(10,11)3-4-19(12,13)14/h1-2,5H,3-4,9H2,(H,12,13,14)(H,15,16,17). The number of anilines is 1. The zero-order valence-corrected chi connectivity index (χ0v) is 12.2. The molecule has 0 heterocycles. The Morgan fingerprint density at radius 3 is 1.90 bits per heavy atom. The first kappa shape index (κ1) is 16.8. The number of nitrogen functional groups attached to an aromatic ring is 1. The molecule has 0 radical (unpaired) electrons. The van der Waals surface area contributed by atoms with E-state index >= 15 is 0 Å². The molecule has 0 unspecified atom stereocenters. The molecule has 0 fully saturated rings. The Balaban J connectivity index is 3.21. The van der Waals surface area contributed by atoms with Crippen LogP contribution in [0.4, 0.5) is 5.69 Å². The maximum Gasteiger partial charge on any atom is 0.294 e. The highest BCUT2D eigenvalue weighted by Crippen LogP contribution is 2.23. The summed E-state index contributed by atoms with van der Waals surface area (Å²) >= 11 is 0. The largest absolute Gasteiger partial charge is 0.398 e. The molecular formula is C8H11NO8S3. The van der Waals surface area contributed by atoms with Gasteiger partial charge in [-0.2, -0.15) is 16.8 Å². The monoisotopic (exact) mass is 345 g/mol. The van der Waals surface area contributed by atoms with E-state index in [2.05, 4.69) is 0 Å². The highest BCUT2D eigenvalue weighted by molar-refractivity contribution is 7.93. The minimum absolute atomic E-state index is 0.463. The fourth-order valence-corrected chi connectivity index (χ4v) is 4.44. The van der Waals surface area contributed by atoms with E-state index < -0.39 is 57.1 Å². The second-order valence-corrected chi connectivity index (χ2v) is 8.85. The molecular weight excluding hydrogens is 334 g/mol. The molecule has 20 heavy (non-hydrogen) atoms. The number of nitrogens with two attached hydrogens (primary N) is 1. The van der Waals surface area contributed by atoms with Crippen LogP contribution in [0, 0.1) is 0 Å². The summed E-state index contributed by atoms with van der Waals surface area (Å²) in [6.45, 7) is 0. The van der Waals surface area contributed by atoms with Crippen molar-refractivity contribution >= 4 is 35.8 Å². The minimum Gasteiger partial charge on any atom is -0.398 e. The summed E-state index contributed by atoms with van der Waals surface area (Å²) in [6.07, 6.45) is 0. The molecule has 0 atom stereocenters. The lowest BCUT2D eigenvalue weighted by atomic mass is 10.3. The van der Waals surface area contributed by atoms with E-state index in [1.165, 1.54) is 0 Å². The molecule has 9 nitrogen and oxygen atoms in total. The summed E-state index contributed by atoms with van der Waals surface area (Å²) in [5.41, 5.74) is 4.91. The highest BCUT2D eigenvalue weighted by atomic mass is 32.2. The van der Waals surface area contributed by atoms with Crippen LogP contribution in [-0.2, 0) is 30.1 Å². The van der Waals surface area contributed by atoms with Crippen LogP contribution in [0.5, 0.6) is 0 Å². The van der Waals surface area contributed by atoms with E-state index in [-0.39, 0.29) is 0 Å². The lowest BCUT2D eigenvalue weighted by molar-refractivity contribution is 0.481. The van der Waals surface area contributed by atoms with Gasteiger partial charge in [-0.15, -0.1) is 0 Å². The van der Waals surface area contributed by atoms with Gasteiger partial charge in [0.25, 0.3) is 20.2 Å². The second-order valence-electron chi connectivity index (χ2n) is 3.78. The van der Waals surface area contributed by atoms with Crippen LogP contribution in [0.15, 0.2) is 28.0 Å². The smallest absolute Gasteiger partial charge is 0.294 e. The quantitative estimate of drug-likeness (QED) is 0.455. The Hall–Kier alpha value is -1.21. The van der Waals surface area contributed by atoms with Crippen molar-refractivity contribution in [2.24, 2.45) is 0 Å². The van der Waals surface area contributed by atoms with Gasteiger partial charge in [-0.05, 0) is 18.2 Å². The molecule has 0 aromatic heterocycles. The molecule has 0 aliphatic carbocycles. The van der Waals surface area contributed by atoms with Crippen molar-refractivity contribution < 1.29 is 34.4 Å². The van der Waals surface area contributed by atoms with Crippen molar-refractivity contribution in [2.75, 3.05) is 17.2 Å². The van der Waals surface area contributed by atoms with Crippen LogP contribution < -0.4 is 5.73 Å². The van der Waals surface area contributed by atoms with Crippen molar-refractivity contribution in [1.82, 2.24) is 0 Å². The third-order valence-corrected chi connectivity index (χ3v) is 5.84. The van der Waals surface area contributed by atoms with Gasteiger partial charge in [-0.1, -0.05) is 0 Å². The van der Waals surface area contributed by atoms with Gasteiger partial charge in [0.1, 0.15) is 0 Å². The molecule has 4 N–H and O–H groups in total. The van der Waals surface area contributed by atoms with Gasteiger partial charge < -0.3 is 5.73 Å². The summed E-state index contributed by atoms with van der Waals surface area (Å²) in [7, 11) is -13.1. The van der Waals surface area contributed by atoms with Crippen LogP contribution in [0.2, 0.25) is 0 Å². The fraction of sp³-hybridized carbons (Fsp3) is 0.250. The van der Waals surface area contributed by atoms with E-state index in [9.17, 15) is 25.3 Å². The molecule has 0 bridgehead atoms. The Labute approximate surface area is 115 Å². The third kappa shape index (κ3) is 4.42. The van der Waals surface area contributed by atoms with E-state index in [0.717, 1.165) is 18.2 Å². The number of hydrogen-bond acceptors (Lipinski definition) is 7. The summed E-state index contributed by atoms with van der Waals surface area (Å²) in [4.78, 5) is -1.09. The van der Waals surface area contributed by atoms with Crippen molar-refractivity contribution in [1.29, 1.82) is 0 Å². The first-order valence-electron chi connectivity index (χ1n) is 4.88. The van der Waals surface area contributed by atoms with Crippen LogP contribution in [0.3, 0.4) is 0 Å². The van der Waals surface area contributed by atoms with Gasteiger partial charge in [0.2, 0.25) is 0 Å². The van der Waals surface area contributed by atoms with Crippen LogP contribution in [-0.4, -0.2) is 45.9 Å². The van der Waals surface area contributed by atoms with E-state index in [1.54, 1.807) is 0 Å². The average Bonchev–Trinajstić information content (AvgIpc) is 2.24. The lowest BCUT2D eigenvalue weighted by Gasteiger charge is -2.08. The van der Waals surface area contributed by atoms with Gasteiger partial charge in [0.05, 0.1) is 27.0 Å². The van der Waals surface area contributed by atoms with Crippen LogP contribution in [0.1, 0.15) is 0 Å². The molecule has 1 aromatic rings. The molecule has 1 aromatic carbocycles. The number of sulfone groups is 1. The van der Waals surface area contributed by atoms with E-state index in [1.807, 2.05) is 0 Å². The number of rotatable bonds is 5. The van der Waals surface area contributed by atoms with Gasteiger partial charge in [0, 0.05) is 0 Å². The summed E-state index contributed by atoms with van der Waals surface area (Å²) in [6, 6.07) is 2.37. The molecule has 0 aliphatic rings. The Bertz CT molecular complexity index is 822. The Morgan fingerprint density at radius 2 is 1.50 bits per heavy atom.